The number of amides is 1. The third kappa shape index (κ3) is 7.49. The highest BCUT2D eigenvalue weighted by molar-refractivity contribution is 14.0. The molecule has 1 aliphatic rings. The normalized spacial score (nSPS) is 15.8. The van der Waals surface area contributed by atoms with Gasteiger partial charge in [0.05, 0.1) is 19.8 Å². The largest absolute Gasteiger partial charge is 0.488 e. The molecule has 1 unspecified atom stereocenters. The molecule has 162 valence electrons. The molecule has 3 rings (SSSR count). The Morgan fingerprint density at radius 3 is 2.70 bits per heavy atom. The Morgan fingerprint density at radius 1 is 1.20 bits per heavy atom. The van der Waals surface area contributed by atoms with Crippen molar-refractivity contribution in [2.24, 2.45) is 4.99 Å². The second-order valence-corrected chi connectivity index (χ2v) is 6.91. The number of nitrogens with zero attached hydrogens (tertiary/aromatic N) is 1. The first-order valence-electron chi connectivity index (χ1n) is 9.77. The second kappa shape index (κ2) is 12.4. The average molecular weight is 524 g/mol. The Kier molecular flexibility index (Phi) is 9.88. The van der Waals surface area contributed by atoms with Crippen LogP contribution >= 0.6 is 24.0 Å². The molecular weight excluding hydrogens is 495 g/mol. The molecule has 2 aromatic rings. The zero-order chi connectivity index (χ0) is 20.5. The van der Waals surface area contributed by atoms with Gasteiger partial charge in [-0.25, -0.2) is 0 Å². The van der Waals surface area contributed by atoms with Crippen LogP contribution in [0.1, 0.15) is 17.5 Å². The number of aryl methyl sites for hydroxylation is 1. The highest BCUT2D eigenvalue weighted by Gasteiger charge is 2.18. The number of hydrogen-bond acceptors (Lipinski definition) is 4. The lowest BCUT2D eigenvalue weighted by Gasteiger charge is -2.18. The van der Waals surface area contributed by atoms with Gasteiger partial charge in [0, 0.05) is 31.3 Å². The molecule has 1 amide bonds. The van der Waals surface area contributed by atoms with Crippen molar-refractivity contribution in [1.82, 2.24) is 10.6 Å². The number of rotatable bonds is 7. The Labute approximate surface area is 194 Å². The van der Waals surface area contributed by atoms with Gasteiger partial charge in [-0.2, -0.15) is 0 Å². The van der Waals surface area contributed by atoms with Crippen molar-refractivity contribution < 1.29 is 14.3 Å². The predicted molar refractivity (Wildman–Crippen MR) is 130 cm³/mol. The number of carbonyl (C=O) groups excluding carboxylic acids is 1. The maximum absolute atomic E-state index is 12.1. The minimum atomic E-state index is -0.139. The van der Waals surface area contributed by atoms with Gasteiger partial charge >= 0.3 is 0 Å². The lowest BCUT2D eigenvalue weighted by atomic mass is 10.1. The number of halogens is 1. The van der Waals surface area contributed by atoms with Crippen molar-refractivity contribution in [3.05, 3.63) is 59.7 Å². The number of guanidine groups is 1. The fourth-order valence-electron chi connectivity index (χ4n) is 2.99. The van der Waals surface area contributed by atoms with E-state index in [1.165, 1.54) is 0 Å². The first kappa shape index (κ1) is 23.9. The van der Waals surface area contributed by atoms with E-state index in [1.807, 2.05) is 49.4 Å². The number of aliphatic imine (C=N–C) groups is 1. The molecule has 30 heavy (non-hydrogen) atoms. The number of nitrogens with one attached hydrogen (secondary N) is 3. The van der Waals surface area contributed by atoms with E-state index < -0.39 is 0 Å². The number of anilines is 1. The molecule has 2 aromatic carbocycles. The number of benzene rings is 2. The van der Waals surface area contributed by atoms with E-state index in [1.54, 1.807) is 7.05 Å². The van der Waals surface area contributed by atoms with Crippen LogP contribution in [0.4, 0.5) is 5.69 Å². The summed E-state index contributed by atoms with van der Waals surface area (Å²) >= 11 is 0. The van der Waals surface area contributed by atoms with Gasteiger partial charge in [-0.15, -0.1) is 24.0 Å². The van der Waals surface area contributed by atoms with Crippen molar-refractivity contribution in [2.75, 3.05) is 32.1 Å². The minimum Gasteiger partial charge on any atom is -0.488 e. The lowest BCUT2D eigenvalue weighted by Crippen LogP contribution is -2.41. The summed E-state index contributed by atoms with van der Waals surface area (Å²) in [5.74, 6) is 1.26. The van der Waals surface area contributed by atoms with Crippen molar-refractivity contribution in [1.29, 1.82) is 0 Å². The molecule has 0 bridgehead atoms. The zero-order valence-electron chi connectivity index (χ0n) is 17.3. The molecule has 1 atom stereocenters. The Morgan fingerprint density at radius 2 is 2.00 bits per heavy atom. The summed E-state index contributed by atoms with van der Waals surface area (Å²) in [7, 11) is 1.67. The maximum atomic E-state index is 12.1. The van der Waals surface area contributed by atoms with Gasteiger partial charge in [0.25, 0.3) is 0 Å². The monoisotopic (exact) mass is 524 g/mol. The van der Waals surface area contributed by atoms with Crippen molar-refractivity contribution in [3.8, 4) is 5.75 Å². The van der Waals surface area contributed by atoms with Crippen LogP contribution in [0.15, 0.2) is 53.5 Å². The van der Waals surface area contributed by atoms with Gasteiger partial charge in [-0.1, -0.05) is 30.3 Å². The van der Waals surface area contributed by atoms with E-state index in [9.17, 15) is 4.79 Å². The van der Waals surface area contributed by atoms with E-state index in [-0.39, 0.29) is 42.5 Å². The number of para-hydroxylation sites is 1. The van der Waals surface area contributed by atoms with Crippen LogP contribution in [0, 0.1) is 6.92 Å². The third-order valence-corrected chi connectivity index (χ3v) is 4.55. The summed E-state index contributed by atoms with van der Waals surface area (Å²) in [6.45, 7) is 4.06. The van der Waals surface area contributed by atoms with Gasteiger partial charge in [0.1, 0.15) is 11.9 Å². The van der Waals surface area contributed by atoms with Gasteiger partial charge in [-0.3, -0.25) is 9.79 Å². The molecule has 1 aliphatic heterocycles. The predicted octanol–water partition coefficient (Wildman–Crippen LogP) is 3.08. The van der Waals surface area contributed by atoms with Crippen molar-refractivity contribution in [3.63, 3.8) is 0 Å². The maximum Gasteiger partial charge on any atom is 0.243 e. The van der Waals surface area contributed by atoms with Gasteiger partial charge in [0.2, 0.25) is 5.91 Å². The fraction of sp³-hybridized carbons (Fsp3) is 0.364. The summed E-state index contributed by atoms with van der Waals surface area (Å²) in [6, 6.07) is 15.5. The smallest absolute Gasteiger partial charge is 0.243 e. The van der Waals surface area contributed by atoms with Crippen LogP contribution < -0.4 is 20.7 Å². The molecular formula is C22H29IN4O3. The van der Waals surface area contributed by atoms with Crippen LogP contribution in [0.3, 0.4) is 0 Å². The molecule has 1 fully saturated rings. The van der Waals surface area contributed by atoms with Crippen LogP contribution in [-0.2, 0) is 16.1 Å². The van der Waals surface area contributed by atoms with E-state index in [0.29, 0.717) is 19.1 Å². The van der Waals surface area contributed by atoms with Gasteiger partial charge in [-0.05, 0) is 30.7 Å². The molecule has 0 saturated carbocycles. The number of ether oxygens (including phenoxy) is 2. The first-order valence-corrected chi connectivity index (χ1v) is 9.77. The molecule has 0 aromatic heterocycles. The molecule has 8 heteroatoms. The van der Waals surface area contributed by atoms with E-state index in [4.69, 9.17) is 9.47 Å². The highest BCUT2D eigenvalue weighted by atomic mass is 127. The topological polar surface area (TPSA) is 84.0 Å². The molecule has 0 spiro atoms. The minimum absolute atomic E-state index is 0. The summed E-state index contributed by atoms with van der Waals surface area (Å²) in [5.41, 5.74) is 2.93. The third-order valence-electron chi connectivity index (χ3n) is 4.55. The Bertz CT molecular complexity index is 840. The number of hydrogen-bond donors (Lipinski definition) is 3. The summed E-state index contributed by atoms with van der Waals surface area (Å²) in [4.78, 5) is 16.3. The summed E-state index contributed by atoms with van der Waals surface area (Å²) < 4.78 is 11.5. The molecule has 0 radical (unpaired) electrons. The fourth-order valence-corrected chi connectivity index (χ4v) is 2.99. The molecule has 1 heterocycles. The number of carbonyl (C=O) groups is 1. The first-order chi connectivity index (χ1) is 14.1. The Hall–Kier alpha value is -2.33. The molecule has 3 N–H and O–H groups in total. The van der Waals surface area contributed by atoms with E-state index >= 15 is 0 Å². The highest BCUT2D eigenvalue weighted by Crippen LogP contribution is 2.23. The van der Waals surface area contributed by atoms with Crippen LogP contribution in [0.5, 0.6) is 5.75 Å². The quantitative estimate of drug-likeness (QED) is 0.295. The van der Waals surface area contributed by atoms with Gasteiger partial charge < -0.3 is 25.4 Å². The molecule has 1 saturated heterocycles. The Balaban J connectivity index is 0.00000320. The SMILES string of the molecule is CN=C(NCC(=O)Nc1ccccc1)NCc1ccc(C)cc1OC1CCOC1.I. The van der Waals surface area contributed by atoms with E-state index in [2.05, 4.69) is 27.0 Å². The van der Waals surface area contributed by atoms with Crippen molar-refractivity contribution in [2.45, 2.75) is 26.0 Å². The lowest BCUT2D eigenvalue weighted by molar-refractivity contribution is -0.115. The zero-order valence-corrected chi connectivity index (χ0v) is 19.6. The van der Waals surface area contributed by atoms with Crippen LogP contribution in [0.25, 0.3) is 0 Å². The molecule has 0 aliphatic carbocycles. The summed E-state index contributed by atoms with van der Waals surface area (Å²) in [5, 5.41) is 9.10. The summed E-state index contributed by atoms with van der Waals surface area (Å²) in [6.07, 6.45) is 0.996. The van der Waals surface area contributed by atoms with Crippen molar-refractivity contribution >= 4 is 41.5 Å². The standard InChI is InChI=1S/C22H28N4O3.HI/c1-16-8-9-17(20(12-16)29-19-10-11-28-15-19)13-24-22(23-2)25-14-21(27)26-18-6-4-3-5-7-18;/h3-9,12,19H,10-11,13-15H2,1-2H3,(H,26,27)(H2,23,24,25);1H. The van der Waals surface area contributed by atoms with Crippen LogP contribution in [0.2, 0.25) is 0 Å². The second-order valence-electron chi connectivity index (χ2n) is 6.91. The van der Waals surface area contributed by atoms with Crippen LogP contribution in [-0.4, -0.2) is 44.8 Å². The molecule has 7 nitrogen and oxygen atoms in total. The van der Waals surface area contributed by atoms with E-state index in [0.717, 1.165) is 35.6 Å². The van der Waals surface area contributed by atoms with Gasteiger partial charge in [0.15, 0.2) is 5.96 Å². The average Bonchev–Trinajstić information content (AvgIpc) is 3.23.